The van der Waals surface area contributed by atoms with Crippen LogP contribution in [0.15, 0.2) is 4.99 Å². The monoisotopic (exact) mass is 335 g/mol. The van der Waals surface area contributed by atoms with Gasteiger partial charge in [0.2, 0.25) is 0 Å². The van der Waals surface area contributed by atoms with Crippen LogP contribution in [-0.2, 0) is 9.59 Å². The zero-order valence-corrected chi connectivity index (χ0v) is 16.9. The standard InChI is InChI=1S/C14H23N3O3S.Na/c1-6-16(8(2)3)7-15-9-11(18)17-10(13(19)20)14(4,5)21-12(9)17;/h7-10,12H,6H2,1-5H3,(H,19,20);/q;+1/p-1/t9-,10+,12-;/m1./s1. The van der Waals surface area contributed by atoms with Crippen molar-refractivity contribution in [1.82, 2.24) is 9.80 Å². The van der Waals surface area contributed by atoms with Gasteiger partial charge in [-0.3, -0.25) is 9.79 Å². The molecule has 1 amide bonds. The van der Waals surface area contributed by atoms with Gasteiger partial charge in [0, 0.05) is 17.3 Å². The van der Waals surface area contributed by atoms with Crippen LogP contribution in [0.25, 0.3) is 0 Å². The Kier molecular flexibility index (Phi) is 6.40. The number of carbonyl (C=O) groups is 2. The minimum atomic E-state index is -1.19. The van der Waals surface area contributed by atoms with Crippen molar-refractivity contribution in [2.45, 2.75) is 62.9 Å². The second kappa shape index (κ2) is 7.11. The fourth-order valence-electron chi connectivity index (χ4n) is 2.85. The van der Waals surface area contributed by atoms with Crippen molar-refractivity contribution in [2.75, 3.05) is 6.54 Å². The van der Waals surface area contributed by atoms with Gasteiger partial charge in [-0.05, 0) is 34.6 Å². The van der Waals surface area contributed by atoms with Crippen LogP contribution in [0.1, 0.15) is 34.6 Å². The molecule has 2 rings (SSSR count). The average molecular weight is 335 g/mol. The van der Waals surface area contributed by atoms with E-state index in [1.54, 1.807) is 6.34 Å². The Labute approximate surface area is 158 Å². The minimum absolute atomic E-state index is 0. The first-order valence-corrected chi connectivity index (χ1v) is 8.08. The van der Waals surface area contributed by atoms with E-state index in [9.17, 15) is 14.7 Å². The van der Waals surface area contributed by atoms with Gasteiger partial charge < -0.3 is 19.7 Å². The summed E-state index contributed by atoms with van der Waals surface area (Å²) in [4.78, 5) is 31.3. The number of carbonyl (C=O) groups excluding carboxylic acids is 2. The van der Waals surface area contributed by atoms with E-state index in [-0.39, 0.29) is 40.8 Å². The molecule has 2 saturated heterocycles. The van der Waals surface area contributed by atoms with Crippen LogP contribution in [0.5, 0.6) is 0 Å². The van der Waals surface area contributed by atoms with Crippen molar-refractivity contribution in [3.8, 4) is 0 Å². The number of carboxylic acids is 1. The number of β-lactam (4-membered cyclic amide) rings is 1. The number of aliphatic imine (C=N–C) groups is 1. The second-order valence-electron chi connectivity index (χ2n) is 6.21. The van der Waals surface area contributed by atoms with Gasteiger partial charge in [-0.2, -0.15) is 0 Å². The number of thioether (sulfide) groups is 1. The fourth-order valence-corrected chi connectivity index (χ4v) is 4.46. The number of fused-ring (bicyclic) bond motifs is 1. The van der Waals surface area contributed by atoms with Gasteiger partial charge >= 0.3 is 29.6 Å². The number of rotatable bonds is 5. The van der Waals surface area contributed by atoms with E-state index in [4.69, 9.17) is 0 Å². The molecule has 2 fully saturated rings. The van der Waals surface area contributed by atoms with E-state index in [1.807, 2.05) is 25.7 Å². The van der Waals surface area contributed by atoms with E-state index in [0.29, 0.717) is 6.04 Å². The number of hydrogen-bond acceptors (Lipinski definition) is 5. The van der Waals surface area contributed by atoms with Crippen molar-refractivity contribution in [1.29, 1.82) is 0 Å². The van der Waals surface area contributed by atoms with Gasteiger partial charge in [0.15, 0.2) is 6.04 Å². The molecule has 2 aliphatic rings. The average Bonchev–Trinajstić information content (AvgIpc) is 2.62. The van der Waals surface area contributed by atoms with Crippen molar-refractivity contribution in [3.63, 3.8) is 0 Å². The predicted molar refractivity (Wildman–Crippen MR) is 80.9 cm³/mol. The smallest absolute Gasteiger partial charge is 0.548 e. The molecule has 2 heterocycles. The van der Waals surface area contributed by atoms with Gasteiger partial charge in [-0.1, -0.05) is 0 Å². The van der Waals surface area contributed by atoms with Gasteiger partial charge in [0.1, 0.15) is 5.37 Å². The molecule has 0 saturated carbocycles. The summed E-state index contributed by atoms with van der Waals surface area (Å²) in [7, 11) is 0. The molecule has 0 aromatic heterocycles. The summed E-state index contributed by atoms with van der Waals surface area (Å²) in [6.07, 6.45) is 1.71. The van der Waals surface area contributed by atoms with Crippen molar-refractivity contribution in [2.24, 2.45) is 4.99 Å². The van der Waals surface area contributed by atoms with Crippen LogP contribution >= 0.6 is 11.8 Å². The summed E-state index contributed by atoms with van der Waals surface area (Å²) in [6, 6.07) is -1.04. The van der Waals surface area contributed by atoms with Gasteiger partial charge in [-0.15, -0.1) is 11.8 Å². The number of amides is 1. The molecule has 0 aliphatic carbocycles. The maximum Gasteiger partial charge on any atom is 1.00 e. The van der Waals surface area contributed by atoms with Crippen LogP contribution in [0, 0.1) is 0 Å². The molecular weight excluding hydrogens is 313 g/mol. The third-order valence-corrected chi connectivity index (χ3v) is 5.60. The molecule has 0 radical (unpaired) electrons. The zero-order chi connectivity index (χ0) is 15.9. The van der Waals surface area contributed by atoms with Crippen LogP contribution in [0.3, 0.4) is 0 Å². The first-order chi connectivity index (χ1) is 9.70. The largest absolute Gasteiger partial charge is 1.00 e. The zero-order valence-electron chi connectivity index (χ0n) is 14.1. The molecule has 0 bridgehead atoms. The third-order valence-electron chi connectivity index (χ3n) is 4.04. The maximum absolute atomic E-state index is 12.2. The van der Waals surface area contributed by atoms with E-state index in [1.165, 1.54) is 16.7 Å². The summed E-state index contributed by atoms with van der Waals surface area (Å²) >= 11 is 1.49. The summed E-state index contributed by atoms with van der Waals surface area (Å²) in [5.41, 5.74) is 0. The molecule has 8 heteroatoms. The Morgan fingerprint density at radius 2 is 2.14 bits per heavy atom. The van der Waals surface area contributed by atoms with Crippen LogP contribution in [0.4, 0.5) is 0 Å². The molecule has 0 aromatic rings. The Bertz CT molecular complexity index is 484. The van der Waals surface area contributed by atoms with Crippen molar-refractivity contribution in [3.05, 3.63) is 0 Å². The predicted octanol–water partition coefficient (Wildman–Crippen LogP) is -3.07. The van der Waals surface area contributed by atoms with Gasteiger partial charge in [-0.25, -0.2) is 0 Å². The maximum atomic E-state index is 12.2. The normalized spacial score (nSPS) is 29.3. The molecule has 6 nitrogen and oxygen atoms in total. The summed E-state index contributed by atoms with van der Waals surface area (Å²) in [6.45, 7) is 10.6. The molecule has 0 spiro atoms. The Hall–Kier alpha value is -0.240. The topological polar surface area (TPSA) is 76.0 Å². The minimum Gasteiger partial charge on any atom is -0.548 e. The van der Waals surface area contributed by atoms with Crippen molar-refractivity contribution >= 4 is 30.0 Å². The van der Waals surface area contributed by atoms with E-state index in [2.05, 4.69) is 18.8 Å². The number of nitrogens with zero attached hydrogens (tertiary/aromatic N) is 3. The summed E-state index contributed by atoms with van der Waals surface area (Å²) < 4.78 is -0.550. The number of hydrogen-bond donors (Lipinski definition) is 0. The van der Waals surface area contributed by atoms with Gasteiger partial charge in [0.25, 0.3) is 5.91 Å². The molecule has 3 atom stereocenters. The van der Waals surface area contributed by atoms with E-state index in [0.717, 1.165) is 6.54 Å². The Morgan fingerprint density at radius 3 is 2.59 bits per heavy atom. The number of aliphatic carboxylic acids is 1. The molecule has 0 N–H and O–H groups in total. The molecule has 22 heavy (non-hydrogen) atoms. The quantitative estimate of drug-likeness (QED) is 0.231. The third kappa shape index (κ3) is 3.32. The van der Waals surface area contributed by atoms with E-state index >= 15 is 0 Å². The molecule has 2 aliphatic heterocycles. The molecule has 0 unspecified atom stereocenters. The Morgan fingerprint density at radius 1 is 1.55 bits per heavy atom. The van der Waals surface area contributed by atoms with Gasteiger partial charge in [0.05, 0.1) is 18.3 Å². The summed E-state index contributed by atoms with van der Waals surface area (Å²) in [5, 5.41) is 11.1. The second-order valence-corrected chi connectivity index (χ2v) is 7.98. The Balaban J connectivity index is 0.00000242. The summed E-state index contributed by atoms with van der Waals surface area (Å²) in [5.74, 6) is -1.41. The van der Waals surface area contributed by atoms with Crippen LogP contribution in [0.2, 0.25) is 0 Å². The number of carboxylic acid groups (broad SMARTS) is 1. The SMILES string of the molecule is CCN(C=N[C@@H]1C(=O)N2[C@@H]1SC(C)(C)[C@@H]2C(=O)[O-])C(C)C.[Na+]. The molecule has 0 aromatic carbocycles. The van der Waals surface area contributed by atoms with Crippen LogP contribution in [-0.4, -0.2) is 62.8 Å². The molecular formula is C14H22N3NaO3S. The first kappa shape index (κ1) is 19.8. The fraction of sp³-hybridized carbons (Fsp3) is 0.786. The van der Waals surface area contributed by atoms with Crippen LogP contribution < -0.4 is 34.7 Å². The van der Waals surface area contributed by atoms with Crippen molar-refractivity contribution < 1.29 is 44.3 Å². The molecule has 118 valence electrons. The first-order valence-electron chi connectivity index (χ1n) is 7.20. The van der Waals surface area contributed by atoms with E-state index < -0.39 is 22.8 Å².